The van der Waals surface area contributed by atoms with Gasteiger partial charge in [0.25, 0.3) is 5.70 Å². The summed E-state index contributed by atoms with van der Waals surface area (Å²) in [5.74, 6) is 0.495. The predicted octanol–water partition coefficient (Wildman–Crippen LogP) is -0.326. The number of nitrogens with zero attached hydrogens (tertiary/aromatic N) is 1. The summed E-state index contributed by atoms with van der Waals surface area (Å²) in [4.78, 5) is 10.5. The number of allylic oxidation sites excluding steroid dienone is 1. The third-order valence-corrected chi connectivity index (χ3v) is 2.86. The van der Waals surface area contributed by atoms with Crippen molar-refractivity contribution in [2.24, 2.45) is 11.5 Å². The molecule has 1 rings (SSSR count). The van der Waals surface area contributed by atoms with Gasteiger partial charge in [0.2, 0.25) is 0 Å². The summed E-state index contributed by atoms with van der Waals surface area (Å²) in [6.07, 6.45) is 1.97. The molecule has 7 heteroatoms. The van der Waals surface area contributed by atoms with Crippen molar-refractivity contribution in [2.45, 2.75) is 18.4 Å². The Morgan fingerprint density at radius 2 is 2.35 bits per heavy atom. The van der Waals surface area contributed by atoms with E-state index in [1.807, 2.05) is 0 Å². The Bertz CT molecular complexity index is 378. The Kier molecular flexibility index (Phi) is 4.08. The van der Waals surface area contributed by atoms with E-state index in [2.05, 4.69) is 5.32 Å². The van der Waals surface area contributed by atoms with Gasteiger partial charge in [-0.15, -0.1) is 0 Å². The molecule has 0 aromatic carbocycles. The molecule has 1 unspecified atom stereocenters. The van der Waals surface area contributed by atoms with Gasteiger partial charge < -0.3 is 21.5 Å². The number of rotatable bonds is 5. The fourth-order valence-electron chi connectivity index (χ4n) is 1.84. The highest BCUT2D eigenvalue weighted by atomic mass is 16.6. The Morgan fingerprint density at radius 3 is 2.82 bits per heavy atom. The van der Waals surface area contributed by atoms with Crippen molar-refractivity contribution in [1.82, 2.24) is 5.32 Å². The maximum atomic E-state index is 11.0. The molecular formula is C10H18N4O3. The summed E-state index contributed by atoms with van der Waals surface area (Å²) in [5, 5.41) is 13.9. The lowest BCUT2D eigenvalue weighted by Crippen LogP contribution is -2.48. The van der Waals surface area contributed by atoms with Crippen LogP contribution in [0, 0.1) is 10.1 Å². The predicted molar refractivity (Wildman–Crippen MR) is 63.4 cm³/mol. The van der Waals surface area contributed by atoms with Gasteiger partial charge in [0.15, 0.2) is 0 Å². The Morgan fingerprint density at radius 1 is 1.71 bits per heavy atom. The normalized spacial score (nSPS) is 24.5. The summed E-state index contributed by atoms with van der Waals surface area (Å²) in [7, 11) is 3.24. The van der Waals surface area contributed by atoms with Crippen LogP contribution in [0.5, 0.6) is 0 Å². The van der Waals surface area contributed by atoms with Gasteiger partial charge in [-0.3, -0.25) is 10.1 Å². The summed E-state index contributed by atoms with van der Waals surface area (Å²) in [5.41, 5.74) is 10.9. The molecule has 0 heterocycles. The van der Waals surface area contributed by atoms with Crippen LogP contribution in [0.2, 0.25) is 0 Å². The van der Waals surface area contributed by atoms with Crippen LogP contribution in [0.15, 0.2) is 23.2 Å². The van der Waals surface area contributed by atoms with E-state index >= 15 is 0 Å². The maximum Gasteiger partial charge on any atom is 0.268 e. The zero-order valence-electron chi connectivity index (χ0n) is 10.0. The van der Waals surface area contributed by atoms with E-state index in [1.165, 1.54) is 13.2 Å². The van der Waals surface area contributed by atoms with Crippen LogP contribution in [-0.2, 0) is 4.74 Å². The van der Waals surface area contributed by atoms with E-state index in [4.69, 9.17) is 16.2 Å². The molecule has 0 spiro atoms. The van der Waals surface area contributed by atoms with E-state index in [9.17, 15) is 10.1 Å². The first-order valence-electron chi connectivity index (χ1n) is 5.27. The van der Waals surface area contributed by atoms with E-state index in [0.717, 1.165) is 0 Å². The number of nitrogens with two attached hydrogens (primary N) is 2. The molecule has 0 amide bonds. The molecule has 0 fully saturated rings. The van der Waals surface area contributed by atoms with Crippen LogP contribution < -0.4 is 16.8 Å². The SMILES string of the molecule is CNCCC1(N)CC(OC)=C(N)C=C1[N+](=O)[O-]. The number of nitro groups is 1. The third-order valence-electron chi connectivity index (χ3n) is 2.86. The molecule has 0 bridgehead atoms. The molecule has 0 aliphatic heterocycles. The molecule has 5 N–H and O–H groups in total. The van der Waals surface area contributed by atoms with Crippen molar-refractivity contribution in [1.29, 1.82) is 0 Å². The monoisotopic (exact) mass is 242 g/mol. The first-order chi connectivity index (χ1) is 7.94. The molecule has 96 valence electrons. The van der Waals surface area contributed by atoms with Crippen LogP contribution >= 0.6 is 0 Å². The lowest BCUT2D eigenvalue weighted by molar-refractivity contribution is -0.435. The topological polar surface area (TPSA) is 116 Å². The quantitative estimate of drug-likeness (QED) is 0.449. The summed E-state index contributed by atoms with van der Waals surface area (Å²) < 4.78 is 5.09. The molecule has 7 nitrogen and oxygen atoms in total. The first kappa shape index (κ1) is 13.5. The lowest BCUT2D eigenvalue weighted by atomic mass is 9.83. The van der Waals surface area contributed by atoms with Gasteiger partial charge in [0.1, 0.15) is 11.3 Å². The molecule has 17 heavy (non-hydrogen) atoms. The number of hydrogen-bond acceptors (Lipinski definition) is 6. The molecule has 1 aliphatic carbocycles. The Labute approximate surface area is 99.6 Å². The second kappa shape index (κ2) is 5.15. The zero-order valence-corrected chi connectivity index (χ0v) is 10.0. The van der Waals surface area contributed by atoms with Crippen LogP contribution in [0.4, 0.5) is 0 Å². The summed E-state index contributed by atoms with van der Waals surface area (Å²) >= 11 is 0. The van der Waals surface area contributed by atoms with Gasteiger partial charge in [-0.2, -0.15) is 0 Å². The van der Waals surface area contributed by atoms with Gasteiger partial charge in [-0.05, 0) is 20.0 Å². The van der Waals surface area contributed by atoms with E-state index in [0.29, 0.717) is 18.7 Å². The molecule has 0 saturated heterocycles. The fourth-order valence-corrected chi connectivity index (χ4v) is 1.84. The van der Waals surface area contributed by atoms with Crippen LogP contribution in [0.3, 0.4) is 0 Å². The molecule has 1 atom stereocenters. The summed E-state index contributed by atoms with van der Waals surface area (Å²) in [6, 6.07) is 0. The maximum absolute atomic E-state index is 11.0. The second-order valence-electron chi connectivity index (χ2n) is 4.06. The highest BCUT2D eigenvalue weighted by Gasteiger charge is 2.42. The Hall–Kier alpha value is -1.60. The highest BCUT2D eigenvalue weighted by molar-refractivity contribution is 5.34. The smallest absolute Gasteiger partial charge is 0.268 e. The van der Waals surface area contributed by atoms with Crippen molar-refractivity contribution in [3.8, 4) is 0 Å². The molecular weight excluding hydrogens is 224 g/mol. The average Bonchev–Trinajstić information content (AvgIpc) is 2.29. The third kappa shape index (κ3) is 2.75. The minimum atomic E-state index is -1.04. The van der Waals surface area contributed by atoms with Gasteiger partial charge in [-0.25, -0.2) is 0 Å². The molecule has 0 saturated carbocycles. The van der Waals surface area contributed by atoms with Crippen molar-refractivity contribution in [3.63, 3.8) is 0 Å². The Balaban J connectivity index is 3.07. The molecule has 0 aromatic rings. The van der Waals surface area contributed by atoms with E-state index in [-0.39, 0.29) is 17.8 Å². The second-order valence-corrected chi connectivity index (χ2v) is 4.06. The highest BCUT2D eigenvalue weighted by Crippen LogP contribution is 2.32. The van der Waals surface area contributed by atoms with Crippen LogP contribution in [0.1, 0.15) is 12.8 Å². The van der Waals surface area contributed by atoms with Gasteiger partial charge in [-0.1, -0.05) is 0 Å². The number of ether oxygens (including phenoxy) is 1. The fraction of sp³-hybridized carbons (Fsp3) is 0.600. The van der Waals surface area contributed by atoms with Crippen LogP contribution in [0.25, 0.3) is 0 Å². The minimum Gasteiger partial charge on any atom is -0.499 e. The number of methoxy groups -OCH3 is 1. The largest absolute Gasteiger partial charge is 0.499 e. The van der Waals surface area contributed by atoms with E-state index < -0.39 is 10.5 Å². The van der Waals surface area contributed by atoms with Crippen molar-refractivity contribution < 1.29 is 9.66 Å². The van der Waals surface area contributed by atoms with Crippen molar-refractivity contribution in [2.75, 3.05) is 20.7 Å². The minimum absolute atomic E-state index is 0.0638. The standard InChI is InChI=1S/C10H18N4O3/c1-13-4-3-10(12)6-8(17-2)7(11)5-9(10)14(15)16/h5,13H,3-4,6,11-12H2,1-2H3. The van der Waals surface area contributed by atoms with Crippen molar-refractivity contribution in [3.05, 3.63) is 33.3 Å². The summed E-state index contributed by atoms with van der Waals surface area (Å²) in [6.45, 7) is 0.582. The van der Waals surface area contributed by atoms with E-state index in [1.54, 1.807) is 7.05 Å². The van der Waals surface area contributed by atoms with Crippen molar-refractivity contribution >= 4 is 0 Å². The molecule has 0 radical (unpaired) electrons. The lowest BCUT2D eigenvalue weighted by Gasteiger charge is -2.30. The zero-order chi connectivity index (χ0) is 13.1. The van der Waals surface area contributed by atoms with Gasteiger partial charge in [0, 0.05) is 12.5 Å². The molecule has 0 aromatic heterocycles. The van der Waals surface area contributed by atoms with Gasteiger partial charge in [0.05, 0.1) is 17.7 Å². The number of hydrogen-bond donors (Lipinski definition) is 3. The molecule has 1 aliphatic rings. The number of nitrogens with one attached hydrogen (secondary N) is 1. The van der Waals surface area contributed by atoms with Crippen LogP contribution in [-0.4, -0.2) is 31.2 Å². The average molecular weight is 242 g/mol. The van der Waals surface area contributed by atoms with Gasteiger partial charge >= 0.3 is 0 Å². The first-order valence-corrected chi connectivity index (χ1v) is 5.27.